The fraction of sp³-hybridized carbons (Fsp3) is 0.214. The van der Waals surface area contributed by atoms with Gasteiger partial charge in [-0.2, -0.15) is 5.10 Å². The molecule has 2 rings (SSSR count). The predicted molar refractivity (Wildman–Crippen MR) is 77.4 cm³/mol. The molecule has 0 atom stereocenters. The first-order valence-electron chi connectivity index (χ1n) is 6.07. The number of rotatable bonds is 4. The molecule has 1 aromatic carbocycles. The van der Waals surface area contributed by atoms with Crippen LogP contribution in [0, 0.1) is 13.8 Å². The van der Waals surface area contributed by atoms with Gasteiger partial charge in [-0.25, -0.2) is 15.4 Å². The number of anilines is 1. The monoisotopic (exact) mass is 272 g/mol. The van der Waals surface area contributed by atoms with Gasteiger partial charge in [0.05, 0.1) is 13.3 Å². The SMILES string of the molecule is COc1ccc(O)c(/C=N/Nc2nc(C)cc(C)n2)c1. The summed E-state index contributed by atoms with van der Waals surface area (Å²) in [5.74, 6) is 1.19. The fourth-order valence-corrected chi connectivity index (χ4v) is 1.70. The Kier molecular flexibility index (Phi) is 4.14. The molecule has 0 saturated heterocycles. The second kappa shape index (κ2) is 6.01. The van der Waals surface area contributed by atoms with Gasteiger partial charge in [-0.3, -0.25) is 0 Å². The van der Waals surface area contributed by atoms with Crippen molar-refractivity contribution < 1.29 is 9.84 Å². The van der Waals surface area contributed by atoms with Crippen molar-refractivity contribution in [2.75, 3.05) is 12.5 Å². The number of aromatic nitrogens is 2. The first-order valence-corrected chi connectivity index (χ1v) is 6.07. The van der Waals surface area contributed by atoms with E-state index in [2.05, 4.69) is 20.5 Å². The molecule has 0 aliphatic rings. The van der Waals surface area contributed by atoms with Gasteiger partial charge in [0.25, 0.3) is 0 Å². The van der Waals surface area contributed by atoms with Crippen LogP contribution in [-0.2, 0) is 0 Å². The van der Waals surface area contributed by atoms with Crippen LogP contribution in [0.2, 0.25) is 0 Å². The fourth-order valence-electron chi connectivity index (χ4n) is 1.70. The molecule has 0 fully saturated rings. The van der Waals surface area contributed by atoms with Gasteiger partial charge in [-0.1, -0.05) is 0 Å². The average molecular weight is 272 g/mol. The smallest absolute Gasteiger partial charge is 0.243 e. The Hall–Kier alpha value is -2.63. The summed E-state index contributed by atoms with van der Waals surface area (Å²) in [5.41, 5.74) is 5.00. The van der Waals surface area contributed by atoms with Gasteiger partial charge in [0, 0.05) is 17.0 Å². The maximum Gasteiger partial charge on any atom is 0.243 e. The highest BCUT2D eigenvalue weighted by atomic mass is 16.5. The molecule has 0 aliphatic carbocycles. The highest BCUT2D eigenvalue weighted by Crippen LogP contribution is 2.21. The lowest BCUT2D eigenvalue weighted by Crippen LogP contribution is -1.99. The van der Waals surface area contributed by atoms with Crippen LogP contribution in [0.4, 0.5) is 5.95 Å². The van der Waals surface area contributed by atoms with E-state index >= 15 is 0 Å². The Labute approximate surface area is 117 Å². The zero-order chi connectivity index (χ0) is 14.5. The molecule has 6 nitrogen and oxygen atoms in total. The van der Waals surface area contributed by atoms with Crippen LogP contribution in [0.5, 0.6) is 11.5 Å². The van der Waals surface area contributed by atoms with Gasteiger partial charge in [-0.05, 0) is 38.1 Å². The van der Waals surface area contributed by atoms with E-state index in [1.54, 1.807) is 25.3 Å². The minimum absolute atomic E-state index is 0.123. The van der Waals surface area contributed by atoms with Crippen molar-refractivity contribution in [1.82, 2.24) is 9.97 Å². The van der Waals surface area contributed by atoms with Crippen LogP contribution in [0.1, 0.15) is 17.0 Å². The Morgan fingerprint density at radius 2 is 1.90 bits per heavy atom. The molecule has 6 heteroatoms. The van der Waals surface area contributed by atoms with E-state index in [1.807, 2.05) is 19.9 Å². The topological polar surface area (TPSA) is 79.6 Å². The van der Waals surface area contributed by atoms with Gasteiger partial charge >= 0.3 is 0 Å². The van der Waals surface area contributed by atoms with Gasteiger partial charge < -0.3 is 9.84 Å². The van der Waals surface area contributed by atoms with E-state index in [0.29, 0.717) is 17.3 Å². The highest BCUT2D eigenvalue weighted by Gasteiger charge is 2.01. The molecule has 0 unspecified atom stereocenters. The Morgan fingerprint density at radius 3 is 2.55 bits per heavy atom. The zero-order valence-corrected chi connectivity index (χ0v) is 11.6. The number of phenols is 1. The van der Waals surface area contributed by atoms with Gasteiger partial charge in [0.1, 0.15) is 11.5 Å². The first kappa shape index (κ1) is 13.8. The Bertz CT molecular complexity index is 621. The number of benzene rings is 1. The zero-order valence-electron chi connectivity index (χ0n) is 11.6. The number of hydrogen-bond donors (Lipinski definition) is 2. The largest absolute Gasteiger partial charge is 0.507 e. The van der Waals surface area contributed by atoms with Crippen LogP contribution < -0.4 is 10.2 Å². The Balaban J connectivity index is 2.13. The summed E-state index contributed by atoms with van der Waals surface area (Å²) in [6.45, 7) is 3.77. The molecule has 1 aromatic heterocycles. The number of methoxy groups -OCH3 is 1. The van der Waals surface area contributed by atoms with Gasteiger partial charge in [0.15, 0.2) is 0 Å². The number of aryl methyl sites for hydroxylation is 2. The van der Waals surface area contributed by atoms with Crippen molar-refractivity contribution in [2.45, 2.75) is 13.8 Å². The van der Waals surface area contributed by atoms with Crippen LogP contribution in [-0.4, -0.2) is 28.4 Å². The van der Waals surface area contributed by atoms with E-state index in [4.69, 9.17) is 4.74 Å². The molecule has 0 aliphatic heterocycles. The number of hydrazone groups is 1. The van der Waals surface area contributed by atoms with Crippen molar-refractivity contribution in [3.63, 3.8) is 0 Å². The van der Waals surface area contributed by atoms with Crippen molar-refractivity contribution in [3.8, 4) is 11.5 Å². The summed E-state index contributed by atoms with van der Waals surface area (Å²) in [7, 11) is 1.56. The van der Waals surface area contributed by atoms with E-state index in [1.165, 1.54) is 6.21 Å². The van der Waals surface area contributed by atoms with Crippen molar-refractivity contribution in [2.24, 2.45) is 5.10 Å². The number of nitrogens with zero attached hydrogens (tertiary/aromatic N) is 3. The number of hydrogen-bond acceptors (Lipinski definition) is 6. The second-order valence-electron chi connectivity index (χ2n) is 4.27. The molecule has 0 saturated carbocycles. The summed E-state index contributed by atoms with van der Waals surface area (Å²) in [5, 5.41) is 13.7. The molecule has 0 amide bonds. The van der Waals surface area contributed by atoms with E-state index in [-0.39, 0.29) is 5.75 Å². The van der Waals surface area contributed by atoms with Crippen molar-refractivity contribution >= 4 is 12.2 Å². The van der Waals surface area contributed by atoms with Crippen molar-refractivity contribution in [3.05, 3.63) is 41.2 Å². The molecule has 2 N–H and O–H groups in total. The quantitative estimate of drug-likeness (QED) is 0.659. The molecule has 2 aromatic rings. The van der Waals surface area contributed by atoms with Crippen molar-refractivity contribution in [1.29, 1.82) is 0 Å². The van der Waals surface area contributed by atoms with E-state index < -0.39 is 0 Å². The third kappa shape index (κ3) is 3.44. The summed E-state index contributed by atoms with van der Waals surface area (Å²) >= 11 is 0. The maximum atomic E-state index is 9.71. The lowest BCUT2D eigenvalue weighted by Gasteiger charge is -2.04. The lowest BCUT2D eigenvalue weighted by molar-refractivity contribution is 0.412. The van der Waals surface area contributed by atoms with E-state index in [9.17, 15) is 5.11 Å². The normalized spacial score (nSPS) is 10.8. The molecule has 104 valence electrons. The molecule has 0 bridgehead atoms. The minimum atomic E-state index is 0.123. The Morgan fingerprint density at radius 1 is 1.20 bits per heavy atom. The highest BCUT2D eigenvalue weighted by molar-refractivity contribution is 5.84. The summed E-state index contributed by atoms with van der Waals surface area (Å²) < 4.78 is 5.09. The third-order valence-corrected chi connectivity index (χ3v) is 2.59. The van der Waals surface area contributed by atoms with Gasteiger partial charge in [0.2, 0.25) is 5.95 Å². The van der Waals surface area contributed by atoms with Crippen LogP contribution >= 0.6 is 0 Å². The summed E-state index contributed by atoms with van der Waals surface area (Å²) in [6.07, 6.45) is 1.48. The second-order valence-corrected chi connectivity index (χ2v) is 4.27. The lowest BCUT2D eigenvalue weighted by atomic mass is 10.2. The predicted octanol–water partition coefficient (Wildman–Crippen LogP) is 2.25. The summed E-state index contributed by atoms with van der Waals surface area (Å²) in [4.78, 5) is 8.40. The molecular weight excluding hydrogens is 256 g/mol. The molecule has 0 radical (unpaired) electrons. The van der Waals surface area contributed by atoms with E-state index in [0.717, 1.165) is 11.4 Å². The average Bonchev–Trinajstić information content (AvgIpc) is 2.40. The number of nitrogens with one attached hydrogen (secondary N) is 1. The third-order valence-electron chi connectivity index (χ3n) is 2.59. The van der Waals surface area contributed by atoms with Crippen LogP contribution in [0.3, 0.4) is 0 Å². The maximum absolute atomic E-state index is 9.71. The standard InChI is InChI=1S/C14H16N4O2/c1-9-6-10(2)17-14(16-9)18-15-8-11-7-12(20-3)4-5-13(11)19/h4-8,19H,1-3H3,(H,16,17,18)/b15-8+. The number of phenolic OH excluding ortho intramolecular Hbond substituents is 1. The molecule has 20 heavy (non-hydrogen) atoms. The summed E-state index contributed by atoms with van der Waals surface area (Å²) in [6, 6.07) is 6.78. The first-order chi connectivity index (χ1) is 9.58. The molecule has 1 heterocycles. The molecule has 0 spiro atoms. The van der Waals surface area contributed by atoms with Crippen LogP contribution in [0.25, 0.3) is 0 Å². The number of aromatic hydroxyl groups is 1. The van der Waals surface area contributed by atoms with Crippen LogP contribution in [0.15, 0.2) is 29.4 Å². The minimum Gasteiger partial charge on any atom is -0.507 e. The number of ether oxygens (including phenoxy) is 1. The van der Waals surface area contributed by atoms with Gasteiger partial charge in [-0.15, -0.1) is 0 Å². The molecular formula is C14H16N4O2.